The van der Waals surface area contributed by atoms with Crippen molar-refractivity contribution in [1.29, 1.82) is 0 Å². The zero-order chi connectivity index (χ0) is 15.6. The summed E-state index contributed by atoms with van der Waals surface area (Å²) in [4.78, 5) is 3.49. The smallest absolute Gasteiger partial charge is 0.291 e. The Bertz CT molecular complexity index is 809. The highest BCUT2D eigenvalue weighted by molar-refractivity contribution is 9.13. The second kappa shape index (κ2) is 6.30. The van der Waals surface area contributed by atoms with Crippen LogP contribution in [0.5, 0.6) is 0 Å². The number of aryl methyl sites for hydroxylation is 1. The molecule has 0 fully saturated rings. The van der Waals surface area contributed by atoms with Gasteiger partial charge in [0.1, 0.15) is 0 Å². The predicted molar refractivity (Wildman–Crippen MR) is 89.5 cm³/mol. The third-order valence-corrected chi connectivity index (χ3v) is 6.76. The van der Waals surface area contributed by atoms with Crippen LogP contribution in [0.15, 0.2) is 56.3 Å². The molecular weight excluding hydrogens is 418 g/mol. The number of rotatable bonds is 3. The molecule has 1 atom stereocenters. The van der Waals surface area contributed by atoms with Gasteiger partial charge in [-0.05, 0) is 69.1 Å². The summed E-state index contributed by atoms with van der Waals surface area (Å²) >= 11 is 6.66. The van der Waals surface area contributed by atoms with Crippen LogP contribution in [0.4, 0.5) is 0 Å². The topological polar surface area (TPSA) is 38.5 Å². The first-order valence-corrected chi connectivity index (χ1v) is 9.11. The van der Waals surface area contributed by atoms with E-state index in [1.165, 1.54) is 12.1 Å². The minimum atomic E-state index is -3.74. The number of benzene rings is 2. The zero-order valence-corrected chi connectivity index (χ0v) is 15.0. The maximum atomic E-state index is 12.6. The van der Waals surface area contributed by atoms with E-state index in [2.05, 4.69) is 36.7 Å². The second-order valence-corrected chi connectivity index (χ2v) is 8.23. The van der Waals surface area contributed by atoms with Gasteiger partial charge in [0.05, 0.1) is 10.5 Å². The summed E-state index contributed by atoms with van der Waals surface area (Å²) in [6.07, 6.45) is 0. The molecule has 0 radical (unpaired) electrons. The highest BCUT2D eigenvalue weighted by Crippen LogP contribution is 2.34. The molecule has 0 unspecified atom stereocenters. The minimum Gasteiger partial charge on any atom is -0.291 e. The molecule has 0 heterocycles. The second-order valence-electron chi connectivity index (χ2n) is 4.51. The molecule has 2 aromatic rings. The van der Waals surface area contributed by atoms with Gasteiger partial charge in [-0.1, -0.05) is 17.7 Å². The summed E-state index contributed by atoms with van der Waals surface area (Å²) in [6, 6.07) is 11.5. The molecule has 0 aromatic heterocycles. The van der Waals surface area contributed by atoms with Crippen molar-refractivity contribution >= 4 is 41.7 Å². The number of sulfone groups is 1. The van der Waals surface area contributed by atoms with Gasteiger partial charge < -0.3 is 0 Å². The van der Waals surface area contributed by atoms with Crippen LogP contribution < -0.4 is 0 Å². The van der Waals surface area contributed by atoms with Gasteiger partial charge in [-0.3, -0.25) is 4.85 Å². The van der Waals surface area contributed by atoms with Crippen LogP contribution in [0.25, 0.3) is 4.85 Å². The van der Waals surface area contributed by atoms with E-state index in [0.717, 1.165) is 10.0 Å². The van der Waals surface area contributed by atoms with E-state index in [4.69, 9.17) is 6.57 Å². The van der Waals surface area contributed by atoms with Gasteiger partial charge in [0.25, 0.3) is 9.84 Å². The molecule has 0 aliphatic carbocycles. The van der Waals surface area contributed by atoms with Crippen LogP contribution in [-0.4, -0.2) is 8.42 Å². The molecular formula is C15H11Br2NO2S. The Morgan fingerprint density at radius 3 is 2.19 bits per heavy atom. The standard InChI is InChI=1S/C15H11Br2NO2S/c1-10-3-6-12(7-4-10)21(19,20)15(18-2)11-5-8-13(16)14(17)9-11/h3-9,15H,1H3/t15-/m0/s1. The number of nitrogens with zero attached hydrogens (tertiary/aromatic N) is 1. The Labute approximate surface area is 141 Å². The molecule has 0 bridgehead atoms. The average Bonchev–Trinajstić information content (AvgIpc) is 2.44. The highest BCUT2D eigenvalue weighted by Gasteiger charge is 2.34. The van der Waals surface area contributed by atoms with Crippen LogP contribution in [0.1, 0.15) is 16.5 Å². The van der Waals surface area contributed by atoms with Gasteiger partial charge in [-0.2, -0.15) is 0 Å². The molecule has 0 aliphatic heterocycles. The van der Waals surface area contributed by atoms with Crippen LogP contribution >= 0.6 is 31.9 Å². The van der Waals surface area contributed by atoms with Crippen molar-refractivity contribution in [3.8, 4) is 0 Å². The van der Waals surface area contributed by atoms with Crippen LogP contribution in [-0.2, 0) is 9.84 Å². The van der Waals surface area contributed by atoms with Crippen LogP contribution in [0.3, 0.4) is 0 Å². The first-order chi connectivity index (χ1) is 9.86. The molecule has 0 amide bonds. The van der Waals surface area contributed by atoms with Crippen molar-refractivity contribution in [1.82, 2.24) is 0 Å². The fourth-order valence-electron chi connectivity index (χ4n) is 1.85. The summed E-state index contributed by atoms with van der Waals surface area (Å²) in [5.74, 6) is 0. The molecule has 2 rings (SSSR count). The number of hydrogen-bond donors (Lipinski definition) is 0. The summed E-state index contributed by atoms with van der Waals surface area (Å²) in [5, 5.41) is -1.25. The van der Waals surface area contributed by atoms with Crippen LogP contribution in [0, 0.1) is 13.5 Å². The first kappa shape index (κ1) is 16.2. The molecule has 0 saturated carbocycles. The maximum absolute atomic E-state index is 12.6. The summed E-state index contributed by atoms with van der Waals surface area (Å²) in [7, 11) is -3.74. The van der Waals surface area contributed by atoms with Gasteiger partial charge in [-0.15, -0.1) is 0 Å². The Morgan fingerprint density at radius 1 is 1.05 bits per heavy atom. The SMILES string of the molecule is [C-]#[N+][C@H](c1ccc(Br)c(Br)c1)S(=O)(=O)c1ccc(C)cc1. The van der Waals surface area contributed by atoms with Crippen molar-refractivity contribution in [3.05, 3.63) is 74.0 Å². The van der Waals surface area contributed by atoms with Gasteiger partial charge in [0.15, 0.2) is 0 Å². The van der Waals surface area contributed by atoms with Crippen molar-refractivity contribution in [2.45, 2.75) is 17.2 Å². The van der Waals surface area contributed by atoms with Crippen molar-refractivity contribution in [2.24, 2.45) is 0 Å². The lowest BCUT2D eigenvalue weighted by atomic mass is 10.2. The van der Waals surface area contributed by atoms with Gasteiger partial charge in [0, 0.05) is 8.95 Å². The number of halogens is 2. The van der Waals surface area contributed by atoms with E-state index >= 15 is 0 Å². The molecule has 108 valence electrons. The monoisotopic (exact) mass is 427 g/mol. The quantitative estimate of drug-likeness (QED) is 0.651. The maximum Gasteiger partial charge on any atom is 0.350 e. The molecule has 21 heavy (non-hydrogen) atoms. The lowest BCUT2D eigenvalue weighted by Gasteiger charge is -2.09. The predicted octanol–water partition coefficient (Wildman–Crippen LogP) is 4.91. The van der Waals surface area contributed by atoms with Gasteiger partial charge in [0.2, 0.25) is 0 Å². The van der Waals surface area contributed by atoms with E-state index in [9.17, 15) is 8.42 Å². The Balaban J connectivity index is 2.52. The Kier molecular flexibility index (Phi) is 4.87. The fourth-order valence-corrected chi connectivity index (χ4v) is 3.91. The Morgan fingerprint density at radius 2 is 1.67 bits per heavy atom. The van der Waals surface area contributed by atoms with Gasteiger partial charge >= 0.3 is 5.37 Å². The third-order valence-electron chi connectivity index (χ3n) is 2.99. The first-order valence-electron chi connectivity index (χ1n) is 5.98. The molecule has 0 N–H and O–H groups in total. The Hall–Kier alpha value is -1.16. The van der Waals surface area contributed by atoms with Gasteiger partial charge in [-0.25, -0.2) is 15.0 Å². The van der Waals surface area contributed by atoms with Crippen molar-refractivity contribution in [3.63, 3.8) is 0 Å². The molecule has 0 saturated heterocycles. The summed E-state index contributed by atoms with van der Waals surface area (Å²) < 4.78 is 26.8. The van der Waals surface area contributed by atoms with E-state index in [1.54, 1.807) is 30.3 Å². The van der Waals surface area contributed by atoms with E-state index in [0.29, 0.717) is 10.0 Å². The van der Waals surface area contributed by atoms with Crippen molar-refractivity contribution in [2.75, 3.05) is 0 Å². The normalized spacial score (nSPS) is 12.7. The highest BCUT2D eigenvalue weighted by atomic mass is 79.9. The van der Waals surface area contributed by atoms with Crippen LogP contribution in [0.2, 0.25) is 0 Å². The molecule has 3 nitrogen and oxygen atoms in total. The van der Waals surface area contributed by atoms with E-state index < -0.39 is 15.2 Å². The summed E-state index contributed by atoms with van der Waals surface area (Å²) in [6.45, 7) is 9.17. The zero-order valence-electron chi connectivity index (χ0n) is 11.0. The van der Waals surface area contributed by atoms with Crippen molar-refractivity contribution < 1.29 is 8.42 Å². The van der Waals surface area contributed by atoms with E-state index in [-0.39, 0.29) is 4.90 Å². The van der Waals surface area contributed by atoms with E-state index in [1.807, 2.05) is 6.92 Å². The fraction of sp³-hybridized carbons (Fsp3) is 0.133. The lowest BCUT2D eigenvalue weighted by Crippen LogP contribution is -2.10. The third kappa shape index (κ3) is 3.37. The molecule has 0 aliphatic rings. The molecule has 0 spiro atoms. The lowest BCUT2D eigenvalue weighted by molar-refractivity contribution is 0.590. The molecule has 2 aromatic carbocycles. The molecule has 6 heteroatoms. The average molecular weight is 429 g/mol. The number of hydrogen-bond acceptors (Lipinski definition) is 2. The summed E-state index contributed by atoms with van der Waals surface area (Å²) in [5.41, 5.74) is 1.42. The minimum absolute atomic E-state index is 0.160. The largest absolute Gasteiger partial charge is 0.350 e.